The molecule has 1 aliphatic heterocycles. The summed E-state index contributed by atoms with van der Waals surface area (Å²) in [6.07, 6.45) is 2.53. The summed E-state index contributed by atoms with van der Waals surface area (Å²) in [5, 5.41) is 10.6. The van der Waals surface area contributed by atoms with E-state index in [4.69, 9.17) is 5.73 Å². The third kappa shape index (κ3) is 2.82. The summed E-state index contributed by atoms with van der Waals surface area (Å²) in [5.41, 5.74) is 5.51. The number of sulfonamides is 1. The maximum Gasteiger partial charge on any atom is 0.269 e. The number of rotatable bonds is 4. The summed E-state index contributed by atoms with van der Waals surface area (Å²) in [7, 11) is -3.64. The summed E-state index contributed by atoms with van der Waals surface area (Å²) in [5.74, 6) is 0. The van der Waals surface area contributed by atoms with Crippen LogP contribution >= 0.6 is 0 Å². The molecule has 0 saturated carbocycles. The first-order chi connectivity index (χ1) is 9.46. The number of nitro benzene ring substituents is 1. The largest absolute Gasteiger partial charge is 0.329 e. The van der Waals surface area contributed by atoms with Crippen LogP contribution in [0.3, 0.4) is 0 Å². The average molecular weight is 299 g/mol. The lowest BCUT2D eigenvalue weighted by atomic mass is 10.1. The summed E-state index contributed by atoms with van der Waals surface area (Å²) in [6.45, 7) is 0.730. The molecule has 1 saturated heterocycles. The first-order valence-corrected chi connectivity index (χ1v) is 7.87. The van der Waals surface area contributed by atoms with Gasteiger partial charge in [-0.15, -0.1) is 0 Å². The molecule has 2 rings (SSSR count). The van der Waals surface area contributed by atoms with Crippen molar-refractivity contribution in [1.82, 2.24) is 4.31 Å². The van der Waals surface area contributed by atoms with Gasteiger partial charge in [0.05, 0.1) is 9.82 Å². The summed E-state index contributed by atoms with van der Waals surface area (Å²) in [4.78, 5) is 10.1. The van der Waals surface area contributed by atoms with Crippen molar-refractivity contribution in [1.29, 1.82) is 0 Å². The van der Waals surface area contributed by atoms with Gasteiger partial charge in [-0.1, -0.05) is 6.42 Å². The van der Waals surface area contributed by atoms with Crippen LogP contribution in [0, 0.1) is 10.1 Å². The van der Waals surface area contributed by atoms with Crippen LogP contribution in [-0.2, 0) is 10.0 Å². The molecular weight excluding hydrogens is 282 g/mol. The van der Waals surface area contributed by atoms with Gasteiger partial charge in [-0.2, -0.15) is 4.31 Å². The third-order valence-corrected chi connectivity index (χ3v) is 5.47. The molecule has 1 unspecified atom stereocenters. The number of nitro groups is 1. The lowest BCUT2D eigenvalue weighted by Crippen LogP contribution is -2.47. The van der Waals surface area contributed by atoms with E-state index in [1.54, 1.807) is 0 Å². The molecule has 0 aliphatic carbocycles. The first-order valence-electron chi connectivity index (χ1n) is 6.43. The van der Waals surface area contributed by atoms with Crippen molar-refractivity contribution in [3.8, 4) is 0 Å². The van der Waals surface area contributed by atoms with E-state index in [0.717, 1.165) is 19.3 Å². The van der Waals surface area contributed by atoms with Gasteiger partial charge in [-0.3, -0.25) is 10.1 Å². The predicted octanol–water partition coefficient (Wildman–Crippen LogP) is 1.10. The molecule has 1 aliphatic rings. The van der Waals surface area contributed by atoms with Crippen LogP contribution in [0.25, 0.3) is 0 Å². The Kier molecular flexibility index (Phi) is 4.36. The van der Waals surface area contributed by atoms with Crippen LogP contribution in [0.4, 0.5) is 5.69 Å². The molecule has 1 heterocycles. The van der Waals surface area contributed by atoms with Gasteiger partial charge in [0.1, 0.15) is 0 Å². The molecule has 0 spiro atoms. The standard InChI is InChI=1S/C12H17N3O4S/c13-9-11-3-1-2-8-14(11)20(18,19)12-6-4-10(5-7-12)15(16)17/h4-7,11H,1-3,8-9,13H2. The SMILES string of the molecule is NCC1CCCCN1S(=O)(=O)c1ccc([N+](=O)[O-])cc1. The zero-order valence-corrected chi connectivity index (χ0v) is 11.8. The normalized spacial score (nSPS) is 20.8. The van der Waals surface area contributed by atoms with E-state index in [2.05, 4.69) is 0 Å². The Labute approximate surface area is 117 Å². The Balaban J connectivity index is 2.31. The quantitative estimate of drug-likeness (QED) is 0.661. The van der Waals surface area contributed by atoms with Crippen molar-refractivity contribution in [3.63, 3.8) is 0 Å². The molecule has 2 N–H and O–H groups in total. The van der Waals surface area contributed by atoms with Crippen molar-refractivity contribution in [2.24, 2.45) is 5.73 Å². The van der Waals surface area contributed by atoms with E-state index in [9.17, 15) is 18.5 Å². The van der Waals surface area contributed by atoms with Crippen molar-refractivity contribution in [3.05, 3.63) is 34.4 Å². The van der Waals surface area contributed by atoms with Gasteiger partial charge in [0.25, 0.3) is 5.69 Å². The third-order valence-electron chi connectivity index (χ3n) is 3.50. The molecule has 7 nitrogen and oxygen atoms in total. The summed E-state index contributed by atoms with van der Waals surface area (Å²) < 4.78 is 26.5. The van der Waals surface area contributed by atoms with Crippen LogP contribution in [0.1, 0.15) is 19.3 Å². The predicted molar refractivity (Wildman–Crippen MR) is 73.7 cm³/mol. The van der Waals surface area contributed by atoms with Gasteiger partial charge in [0, 0.05) is 31.3 Å². The van der Waals surface area contributed by atoms with Gasteiger partial charge in [0.2, 0.25) is 10.0 Å². The number of benzene rings is 1. The van der Waals surface area contributed by atoms with E-state index in [1.165, 1.54) is 28.6 Å². The number of non-ortho nitro benzene ring substituents is 1. The highest BCUT2D eigenvalue weighted by molar-refractivity contribution is 7.89. The molecule has 0 aromatic heterocycles. The molecule has 0 amide bonds. The Morgan fingerprint density at radius 1 is 1.30 bits per heavy atom. The minimum atomic E-state index is -3.64. The molecule has 8 heteroatoms. The highest BCUT2D eigenvalue weighted by Gasteiger charge is 2.32. The molecule has 1 atom stereocenters. The van der Waals surface area contributed by atoms with Crippen molar-refractivity contribution >= 4 is 15.7 Å². The van der Waals surface area contributed by atoms with Gasteiger partial charge >= 0.3 is 0 Å². The van der Waals surface area contributed by atoms with Crippen LogP contribution < -0.4 is 5.73 Å². The first kappa shape index (κ1) is 14.9. The highest BCUT2D eigenvalue weighted by Crippen LogP contribution is 2.26. The Morgan fingerprint density at radius 2 is 1.95 bits per heavy atom. The fraction of sp³-hybridized carbons (Fsp3) is 0.500. The van der Waals surface area contributed by atoms with Crippen LogP contribution in [-0.4, -0.2) is 36.8 Å². The molecular formula is C12H17N3O4S. The molecule has 0 radical (unpaired) electrons. The molecule has 1 fully saturated rings. The molecule has 1 aromatic carbocycles. The second-order valence-corrected chi connectivity index (χ2v) is 6.64. The summed E-state index contributed by atoms with van der Waals surface area (Å²) in [6, 6.07) is 4.76. The van der Waals surface area contributed by atoms with Crippen molar-refractivity contribution in [2.75, 3.05) is 13.1 Å². The topological polar surface area (TPSA) is 107 Å². The van der Waals surface area contributed by atoms with E-state index in [-0.39, 0.29) is 23.2 Å². The van der Waals surface area contributed by atoms with Crippen LogP contribution in [0.5, 0.6) is 0 Å². The maximum absolute atomic E-state index is 12.5. The van der Waals surface area contributed by atoms with Crippen LogP contribution in [0.15, 0.2) is 29.2 Å². The number of hydrogen-bond donors (Lipinski definition) is 1. The fourth-order valence-corrected chi connectivity index (χ4v) is 4.11. The highest BCUT2D eigenvalue weighted by atomic mass is 32.2. The summed E-state index contributed by atoms with van der Waals surface area (Å²) >= 11 is 0. The molecule has 0 bridgehead atoms. The Morgan fingerprint density at radius 3 is 2.50 bits per heavy atom. The van der Waals surface area contributed by atoms with Gasteiger partial charge < -0.3 is 5.73 Å². The number of nitrogens with zero attached hydrogens (tertiary/aromatic N) is 2. The number of nitrogens with two attached hydrogens (primary N) is 1. The Hall–Kier alpha value is -1.51. The van der Waals surface area contributed by atoms with Gasteiger partial charge in [-0.05, 0) is 25.0 Å². The minimum absolute atomic E-state index is 0.0726. The van der Waals surface area contributed by atoms with E-state index in [1.807, 2.05) is 0 Å². The van der Waals surface area contributed by atoms with Crippen molar-refractivity contribution < 1.29 is 13.3 Å². The Bertz CT molecular complexity index is 585. The average Bonchev–Trinajstić information content (AvgIpc) is 2.47. The molecule has 1 aromatic rings. The van der Waals surface area contributed by atoms with Gasteiger partial charge in [0.15, 0.2) is 0 Å². The molecule has 110 valence electrons. The number of hydrogen-bond acceptors (Lipinski definition) is 5. The minimum Gasteiger partial charge on any atom is -0.329 e. The maximum atomic E-state index is 12.5. The second-order valence-electron chi connectivity index (χ2n) is 4.75. The van der Waals surface area contributed by atoms with E-state index >= 15 is 0 Å². The monoisotopic (exact) mass is 299 g/mol. The van der Waals surface area contributed by atoms with Crippen molar-refractivity contribution in [2.45, 2.75) is 30.2 Å². The zero-order chi connectivity index (χ0) is 14.8. The van der Waals surface area contributed by atoms with E-state index < -0.39 is 14.9 Å². The fourth-order valence-electron chi connectivity index (χ4n) is 2.40. The van der Waals surface area contributed by atoms with Gasteiger partial charge in [-0.25, -0.2) is 8.42 Å². The second kappa shape index (κ2) is 5.86. The zero-order valence-electron chi connectivity index (χ0n) is 10.9. The number of piperidine rings is 1. The smallest absolute Gasteiger partial charge is 0.269 e. The van der Waals surface area contributed by atoms with Crippen LogP contribution in [0.2, 0.25) is 0 Å². The molecule has 20 heavy (non-hydrogen) atoms. The lowest BCUT2D eigenvalue weighted by molar-refractivity contribution is -0.384. The lowest BCUT2D eigenvalue weighted by Gasteiger charge is -2.33. The van der Waals surface area contributed by atoms with E-state index in [0.29, 0.717) is 6.54 Å².